The van der Waals surface area contributed by atoms with Gasteiger partial charge in [0, 0.05) is 26.2 Å². The number of esters is 2. The highest BCUT2D eigenvalue weighted by atomic mass is 16.7. The lowest BCUT2D eigenvalue weighted by Crippen LogP contribution is -2.42. The van der Waals surface area contributed by atoms with Crippen molar-refractivity contribution in [2.24, 2.45) is 0 Å². The van der Waals surface area contributed by atoms with Gasteiger partial charge < -0.3 is 14.2 Å². The van der Waals surface area contributed by atoms with Gasteiger partial charge in [0.1, 0.15) is 0 Å². The molecule has 0 aliphatic heterocycles. The van der Waals surface area contributed by atoms with E-state index < -0.39 is 17.7 Å². The Kier molecular flexibility index (Phi) is 6.35. The molecule has 0 aromatic heterocycles. The van der Waals surface area contributed by atoms with Crippen LogP contribution in [-0.4, -0.2) is 26.2 Å². The Hall–Kier alpha value is -1.72. The first-order chi connectivity index (χ1) is 9.60. The molecule has 0 aliphatic carbocycles. The first kappa shape index (κ1) is 16.3. The molecule has 109 valence electrons. The normalized spacial score (nSPS) is 11.2. The largest absolute Gasteiger partial charge is 0.389 e. The number of carbonyl (C=O) groups is 2. The molecule has 5 nitrogen and oxygen atoms in total. The topological polar surface area (TPSA) is 61.8 Å². The summed E-state index contributed by atoms with van der Waals surface area (Å²) >= 11 is 0. The quantitative estimate of drug-likeness (QED) is 0.435. The summed E-state index contributed by atoms with van der Waals surface area (Å²) in [6, 6.07) is 8.59. The van der Waals surface area contributed by atoms with Gasteiger partial charge in [-0.1, -0.05) is 43.7 Å². The Bertz CT molecular complexity index is 437. The van der Waals surface area contributed by atoms with Crippen molar-refractivity contribution in [3.05, 3.63) is 42.8 Å². The Morgan fingerprint density at radius 1 is 1.15 bits per heavy atom. The van der Waals surface area contributed by atoms with Crippen molar-refractivity contribution >= 4 is 11.9 Å². The van der Waals surface area contributed by atoms with Crippen molar-refractivity contribution in [1.82, 2.24) is 0 Å². The van der Waals surface area contributed by atoms with Crippen molar-refractivity contribution in [3.8, 4) is 0 Å². The number of ether oxygens (including phenoxy) is 3. The number of carbonyl (C=O) groups excluding carboxylic acids is 2. The van der Waals surface area contributed by atoms with E-state index in [4.69, 9.17) is 14.2 Å². The number of benzene rings is 1. The summed E-state index contributed by atoms with van der Waals surface area (Å²) < 4.78 is 15.2. The standard InChI is InChI=1S/C15H19O5/c1-4-5-11-13(16)20-14(17)15(18-2,19-3)12-9-7-6-8-10-12/h6-10H,1,4-5,11H2,2-3H3. The third-order valence-electron chi connectivity index (χ3n) is 2.83. The van der Waals surface area contributed by atoms with Gasteiger partial charge >= 0.3 is 11.9 Å². The van der Waals surface area contributed by atoms with E-state index in [-0.39, 0.29) is 6.42 Å². The van der Waals surface area contributed by atoms with E-state index in [1.54, 1.807) is 30.3 Å². The van der Waals surface area contributed by atoms with Gasteiger partial charge in [0.2, 0.25) is 0 Å². The van der Waals surface area contributed by atoms with Crippen LogP contribution in [0.4, 0.5) is 0 Å². The summed E-state index contributed by atoms with van der Waals surface area (Å²) in [7, 11) is 2.64. The van der Waals surface area contributed by atoms with Gasteiger partial charge in [0.15, 0.2) is 0 Å². The van der Waals surface area contributed by atoms with Crippen LogP contribution in [0.1, 0.15) is 24.8 Å². The molecule has 1 aromatic carbocycles. The van der Waals surface area contributed by atoms with Gasteiger partial charge in [0.25, 0.3) is 5.79 Å². The summed E-state index contributed by atoms with van der Waals surface area (Å²) in [6.07, 6.45) is 1.29. The summed E-state index contributed by atoms with van der Waals surface area (Å²) in [5, 5.41) is 0. The van der Waals surface area contributed by atoms with Crippen LogP contribution < -0.4 is 0 Å². The van der Waals surface area contributed by atoms with Crippen molar-refractivity contribution < 1.29 is 23.8 Å². The monoisotopic (exact) mass is 279 g/mol. The molecule has 1 radical (unpaired) electrons. The fourth-order valence-electron chi connectivity index (χ4n) is 1.75. The SMILES string of the molecule is [CH2]CCCC(=O)OC(=O)C(OC)(OC)c1ccccc1. The number of hydrogen-bond acceptors (Lipinski definition) is 5. The summed E-state index contributed by atoms with van der Waals surface area (Å²) in [5.41, 5.74) is 0.458. The van der Waals surface area contributed by atoms with Gasteiger partial charge in [-0.3, -0.25) is 4.79 Å². The number of rotatable bonds is 7. The highest BCUT2D eigenvalue weighted by Crippen LogP contribution is 2.27. The third-order valence-corrected chi connectivity index (χ3v) is 2.83. The minimum absolute atomic E-state index is 0.132. The molecule has 5 heteroatoms. The third kappa shape index (κ3) is 3.65. The summed E-state index contributed by atoms with van der Waals surface area (Å²) in [5.74, 6) is -3.24. The second kappa shape index (κ2) is 7.77. The molecule has 0 saturated heterocycles. The Balaban J connectivity index is 2.91. The zero-order valence-corrected chi connectivity index (χ0v) is 11.8. The average Bonchev–Trinajstić information content (AvgIpc) is 2.48. The molecular weight excluding hydrogens is 260 g/mol. The van der Waals surface area contributed by atoms with Crippen LogP contribution in [0.2, 0.25) is 0 Å². The van der Waals surface area contributed by atoms with E-state index in [1.165, 1.54) is 14.2 Å². The van der Waals surface area contributed by atoms with Crippen LogP contribution in [0.25, 0.3) is 0 Å². The second-order valence-electron chi connectivity index (χ2n) is 4.11. The molecule has 0 aliphatic rings. The van der Waals surface area contributed by atoms with Crippen LogP contribution in [0.3, 0.4) is 0 Å². The molecular formula is C15H19O5. The lowest BCUT2D eigenvalue weighted by molar-refractivity contribution is -0.235. The lowest BCUT2D eigenvalue weighted by atomic mass is 10.1. The molecule has 0 bridgehead atoms. The Morgan fingerprint density at radius 3 is 2.25 bits per heavy atom. The molecule has 0 saturated carbocycles. The highest BCUT2D eigenvalue weighted by molar-refractivity contribution is 5.90. The molecule has 0 atom stereocenters. The van der Waals surface area contributed by atoms with Crippen molar-refractivity contribution in [2.75, 3.05) is 14.2 Å². The van der Waals surface area contributed by atoms with Crippen molar-refractivity contribution in [2.45, 2.75) is 25.0 Å². The van der Waals surface area contributed by atoms with Gasteiger partial charge in [-0.2, -0.15) is 0 Å². The number of methoxy groups -OCH3 is 2. The molecule has 0 heterocycles. The maximum Gasteiger partial charge on any atom is 0.379 e. The molecule has 0 spiro atoms. The first-order valence-electron chi connectivity index (χ1n) is 6.31. The highest BCUT2D eigenvalue weighted by Gasteiger charge is 2.44. The number of unbranched alkanes of at least 4 members (excludes halogenated alkanes) is 1. The maximum atomic E-state index is 12.2. The molecule has 0 unspecified atom stereocenters. The predicted molar refractivity (Wildman–Crippen MR) is 72.4 cm³/mol. The lowest BCUT2D eigenvalue weighted by Gasteiger charge is -2.28. The van der Waals surface area contributed by atoms with Crippen LogP contribution >= 0.6 is 0 Å². The van der Waals surface area contributed by atoms with Gasteiger partial charge in [-0.25, -0.2) is 4.79 Å². The molecule has 1 rings (SSSR count). The molecule has 0 amide bonds. The second-order valence-corrected chi connectivity index (χ2v) is 4.11. The van der Waals surface area contributed by atoms with Gasteiger partial charge in [-0.05, 0) is 6.42 Å². The van der Waals surface area contributed by atoms with Crippen LogP contribution in [-0.2, 0) is 29.6 Å². The first-order valence-corrected chi connectivity index (χ1v) is 6.31. The van der Waals surface area contributed by atoms with E-state index in [0.717, 1.165) is 0 Å². The molecule has 0 N–H and O–H groups in total. The van der Waals surface area contributed by atoms with Crippen molar-refractivity contribution in [1.29, 1.82) is 0 Å². The van der Waals surface area contributed by atoms with Gasteiger partial charge in [0.05, 0.1) is 0 Å². The predicted octanol–water partition coefficient (Wildman–Crippen LogP) is 2.21. The van der Waals surface area contributed by atoms with Crippen molar-refractivity contribution in [3.63, 3.8) is 0 Å². The van der Waals surface area contributed by atoms with E-state index in [9.17, 15) is 9.59 Å². The fraction of sp³-hybridized carbons (Fsp3) is 0.400. The smallest absolute Gasteiger partial charge is 0.379 e. The number of hydrogen-bond donors (Lipinski definition) is 0. The fourth-order valence-corrected chi connectivity index (χ4v) is 1.75. The zero-order chi connectivity index (χ0) is 15.0. The summed E-state index contributed by atoms with van der Waals surface area (Å²) in [6.45, 7) is 3.62. The van der Waals surface area contributed by atoms with Crippen LogP contribution in [0, 0.1) is 6.92 Å². The minimum Gasteiger partial charge on any atom is -0.389 e. The van der Waals surface area contributed by atoms with E-state index in [2.05, 4.69) is 6.92 Å². The Morgan fingerprint density at radius 2 is 1.75 bits per heavy atom. The summed E-state index contributed by atoms with van der Waals surface area (Å²) in [4.78, 5) is 23.7. The van der Waals surface area contributed by atoms with E-state index in [1.807, 2.05) is 0 Å². The average molecular weight is 279 g/mol. The minimum atomic E-state index is -1.73. The van der Waals surface area contributed by atoms with Crippen LogP contribution in [0.15, 0.2) is 30.3 Å². The Labute approximate surface area is 118 Å². The van der Waals surface area contributed by atoms with E-state index >= 15 is 0 Å². The molecule has 20 heavy (non-hydrogen) atoms. The molecule has 1 aromatic rings. The maximum absolute atomic E-state index is 12.2. The van der Waals surface area contributed by atoms with E-state index in [0.29, 0.717) is 18.4 Å². The van der Waals surface area contributed by atoms with Crippen LogP contribution in [0.5, 0.6) is 0 Å². The molecule has 0 fully saturated rings. The zero-order valence-electron chi connectivity index (χ0n) is 11.8. The van der Waals surface area contributed by atoms with Gasteiger partial charge in [-0.15, -0.1) is 0 Å².